The van der Waals surface area contributed by atoms with E-state index in [4.69, 9.17) is 16.3 Å². The third-order valence-electron chi connectivity index (χ3n) is 4.12. The zero-order chi connectivity index (χ0) is 14.9. The van der Waals surface area contributed by atoms with E-state index in [0.717, 1.165) is 0 Å². The molecular formula is C13H19ClFN3O2. The smallest absolute Gasteiger partial charge is 0.351 e. The summed E-state index contributed by atoms with van der Waals surface area (Å²) in [6, 6.07) is 1.61. The van der Waals surface area contributed by atoms with Crippen LogP contribution in [-0.2, 0) is 4.74 Å². The van der Waals surface area contributed by atoms with Crippen molar-refractivity contribution in [3.05, 3.63) is 22.7 Å². The maximum Gasteiger partial charge on any atom is 0.351 e. The van der Waals surface area contributed by atoms with Gasteiger partial charge in [0, 0.05) is 19.2 Å². The molecule has 7 heteroatoms. The minimum absolute atomic E-state index is 0.193. The Balaban J connectivity index is 2.37. The molecule has 0 unspecified atom stereocenters. The summed E-state index contributed by atoms with van der Waals surface area (Å²) in [6.07, 6.45) is -0.195. The Hall–Kier alpha value is -1.14. The van der Waals surface area contributed by atoms with Crippen molar-refractivity contribution in [3.8, 4) is 0 Å². The molecule has 1 saturated heterocycles. The monoisotopic (exact) mass is 303 g/mol. The summed E-state index contributed by atoms with van der Waals surface area (Å²) in [4.78, 5) is 15.8. The van der Waals surface area contributed by atoms with E-state index in [1.165, 1.54) is 10.8 Å². The number of nitrogens with one attached hydrogen (secondary N) is 1. The zero-order valence-electron chi connectivity index (χ0n) is 11.8. The lowest BCUT2D eigenvalue weighted by Crippen LogP contribution is -2.37. The van der Waals surface area contributed by atoms with Crippen molar-refractivity contribution < 1.29 is 9.13 Å². The maximum atomic E-state index is 14.5. The van der Waals surface area contributed by atoms with Crippen molar-refractivity contribution in [2.45, 2.75) is 38.3 Å². The Morgan fingerprint density at radius 1 is 1.65 bits per heavy atom. The van der Waals surface area contributed by atoms with Gasteiger partial charge in [0.1, 0.15) is 5.82 Å². The normalized spacial score (nSPS) is 33.4. The van der Waals surface area contributed by atoms with Gasteiger partial charge in [0.05, 0.1) is 11.5 Å². The third kappa shape index (κ3) is 2.31. The van der Waals surface area contributed by atoms with Crippen LogP contribution in [-0.4, -0.2) is 34.3 Å². The minimum Gasteiger partial charge on any atom is -0.373 e. The van der Waals surface area contributed by atoms with Crippen LogP contribution in [0.25, 0.3) is 0 Å². The van der Waals surface area contributed by atoms with Gasteiger partial charge in [-0.25, -0.2) is 9.18 Å². The van der Waals surface area contributed by atoms with Gasteiger partial charge in [0.2, 0.25) is 0 Å². The quantitative estimate of drug-likeness (QED) is 0.866. The van der Waals surface area contributed by atoms with Crippen LogP contribution in [0.1, 0.15) is 26.5 Å². The van der Waals surface area contributed by atoms with Gasteiger partial charge in [-0.15, -0.1) is 11.6 Å². The topological polar surface area (TPSA) is 56.1 Å². The van der Waals surface area contributed by atoms with E-state index in [9.17, 15) is 9.18 Å². The van der Waals surface area contributed by atoms with Crippen LogP contribution in [0, 0.1) is 5.92 Å². The number of hydrogen-bond donors (Lipinski definition) is 1. The van der Waals surface area contributed by atoms with Crippen LogP contribution in [0.5, 0.6) is 0 Å². The van der Waals surface area contributed by atoms with E-state index in [2.05, 4.69) is 10.3 Å². The third-order valence-corrected chi connectivity index (χ3v) is 4.57. The van der Waals surface area contributed by atoms with E-state index in [1.54, 1.807) is 20.0 Å². The SMILES string of the molecule is CC[C@@]1(CCl)O[C@@H](n2ccc(NC)nc2=O)[C@H](F)[C@@H]1C. The summed E-state index contributed by atoms with van der Waals surface area (Å²) in [6.45, 7) is 3.66. The molecule has 0 aliphatic carbocycles. The van der Waals surface area contributed by atoms with Gasteiger partial charge < -0.3 is 10.1 Å². The van der Waals surface area contributed by atoms with Gasteiger partial charge in [0.15, 0.2) is 12.4 Å². The number of alkyl halides is 2. The number of nitrogens with zero attached hydrogens (tertiary/aromatic N) is 2. The molecule has 112 valence electrons. The molecule has 0 aromatic carbocycles. The predicted molar refractivity (Wildman–Crippen MR) is 76.0 cm³/mol. The molecule has 20 heavy (non-hydrogen) atoms. The first-order valence-corrected chi connectivity index (χ1v) is 7.17. The fourth-order valence-corrected chi connectivity index (χ4v) is 3.05. The highest BCUT2D eigenvalue weighted by molar-refractivity contribution is 6.18. The van der Waals surface area contributed by atoms with E-state index in [0.29, 0.717) is 12.2 Å². The summed E-state index contributed by atoms with van der Waals surface area (Å²) < 4.78 is 21.5. The van der Waals surface area contributed by atoms with Gasteiger partial charge in [-0.05, 0) is 12.5 Å². The van der Waals surface area contributed by atoms with Crippen molar-refractivity contribution in [2.75, 3.05) is 18.2 Å². The Morgan fingerprint density at radius 2 is 2.35 bits per heavy atom. The van der Waals surface area contributed by atoms with Crippen LogP contribution in [0.4, 0.5) is 10.2 Å². The number of ether oxygens (including phenoxy) is 1. The van der Waals surface area contributed by atoms with Crippen molar-refractivity contribution >= 4 is 17.4 Å². The van der Waals surface area contributed by atoms with Crippen molar-refractivity contribution in [2.24, 2.45) is 5.92 Å². The molecule has 0 bridgehead atoms. The van der Waals surface area contributed by atoms with E-state index in [1.807, 2.05) is 6.92 Å². The lowest BCUT2D eigenvalue weighted by molar-refractivity contribution is -0.0787. The summed E-state index contributed by atoms with van der Waals surface area (Å²) in [7, 11) is 1.66. The Kier molecular flexibility index (Phi) is 4.34. The number of rotatable bonds is 4. The molecule has 0 saturated carbocycles. The fraction of sp³-hybridized carbons (Fsp3) is 0.692. The predicted octanol–water partition coefficient (Wildman–Crippen LogP) is 2.18. The van der Waals surface area contributed by atoms with Gasteiger partial charge in [-0.2, -0.15) is 4.98 Å². The lowest BCUT2D eigenvalue weighted by atomic mass is 9.87. The second kappa shape index (κ2) is 5.69. The summed E-state index contributed by atoms with van der Waals surface area (Å²) in [5.74, 6) is 0.246. The van der Waals surface area contributed by atoms with Crippen molar-refractivity contribution in [3.63, 3.8) is 0 Å². The van der Waals surface area contributed by atoms with Crippen LogP contribution >= 0.6 is 11.6 Å². The highest BCUT2D eigenvalue weighted by Gasteiger charge is 2.52. The van der Waals surface area contributed by atoms with Crippen LogP contribution in [0.3, 0.4) is 0 Å². The number of hydrogen-bond acceptors (Lipinski definition) is 4. The number of halogens is 2. The number of aromatic nitrogens is 2. The average molecular weight is 304 g/mol. The van der Waals surface area contributed by atoms with E-state index < -0.39 is 23.7 Å². The largest absolute Gasteiger partial charge is 0.373 e. The molecule has 1 aromatic rings. The molecule has 1 aromatic heterocycles. The Labute approximate surface area is 122 Å². The molecule has 1 aliphatic heterocycles. The first-order chi connectivity index (χ1) is 9.49. The molecule has 2 rings (SSSR count). The van der Waals surface area contributed by atoms with E-state index in [-0.39, 0.29) is 11.8 Å². The van der Waals surface area contributed by atoms with Crippen LogP contribution < -0.4 is 11.0 Å². The molecule has 2 heterocycles. The van der Waals surface area contributed by atoms with Crippen molar-refractivity contribution in [1.82, 2.24) is 9.55 Å². The van der Waals surface area contributed by atoms with Crippen molar-refractivity contribution in [1.29, 1.82) is 0 Å². The molecule has 0 amide bonds. The van der Waals surface area contributed by atoms with Gasteiger partial charge in [-0.1, -0.05) is 13.8 Å². The van der Waals surface area contributed by atoms with Gasteiger partial charge >= 0.3 is 5.69 Å². The fourth-order valence-electron chi connectivity index (χ4n) is 2.56. The Bertz CT molecular complexity index is 533. The first kappa shape index (κ1) is 15.3. The number of anilines is 1. The van der Waals surface area contributed by atoms with Crippen LogP contribution in [0.2, 0.25) is 0 Å². The van der Waals surface area contributed by atoms with Gasteiger partial charge in [-0.3, -0.25) is 4.57 Å². The molecule has 5 nitrogen and oxygen atoms in total. The molecule has 1 fully saturated rings. The standard InChI is InChI=1S/C13H19ClFN3O2/c1-4-13(7-14)8(2)10(15)11(20-13)18-6-5-9(16-3)17-12(18)19/h5-6,8,10-11H,4,7H2,1-3H3,(H,16,17,19)/t8-,10+,11+,13-/m0/s1. The molecular weight excluding hydrogens is 285 g/mol. The Morgan fingerprint density at radius 3 is 2.80 bits per heavy atom. The lowest BCUT2D eigenvalue weighted by Gasteiger charge is -2.29. The minimum atomic E-state index is -1.30. The average Bonchev–Trinajstić information content (AvgIpc) is 2.72. The summed E-state index contributed by atoms with van der Waals surface area (Å²) in [5, 5.41) is 2.76. The second-order valence-corrected chi connectivity index (χ2v) is 5.31. The molecule has 1 aliphatic rings. The maximum absolute atomic E-state index is 14.5. The zero-order valence-corrected chi connectivity index (χ0v) is 12.5. The molecule has 0 radical (unpaired) electrons. The highest BCUT2D eigenvalue weighted by atomic mass is 35.5. The second-order valence-electron chi connectivity index (χ2n) is 5.05. The highest BCUT2D eigenvalue weighted by Crippen LogP contribution is 2.45. The first-order valence-electron chi connectivity index (χ1n) is 6.64. The molecule has 4 atom stereocenters. The van der Waals surface area contributed by atoms with Gasteiger partial charge in [0.25, 0.3) is 0 Å². The van der Waals surface area contributed by atoms with Crippen LogP contribution in [0.15, 0.2) is 17.1 Å². The molecule has 1 N–H and O–H groups in total. The summed E-state index contributed by atoms with van der Waals surface area (Å²) in [5.41, 5.74) is -1.29. The van der Waals surface area contributed by atoms with E-state index >= 15 is 0 Å². The summed E-state index contributed by atoms with van der Waals surface area (Å²) >= 11 is 5.96. The molecule has 0 spiro atoms.